The van der Waals surface area contributed by atoms with Crippen LogP contribution in [0.2, 0.25) is 0 Å². The summed E-state index contributed by atoms with van der Waals surface area (Å²) in [5.41, 5.74) is 0.881. The normalized spacial score (nSPS) is 11.1. The minimum absolute atomic E-state index is 0.0447. The van der Waals surface area contributed by atoms with Crippen molar-refractivity contribution >= 4 is 21.6 Å². The van der Waals surface area contributed by atoms with E-state index < -0.39 is 32.5 Å². The van der Waals surface area contributed by atoms with Gasteiger partial charge in [-0.1, -0.05) is 42.5 Å². The van der Waals surface area contributed by atoms with Gasteiger partial charge in [-0.05, 0) is 35.9 Å². The molecule has 0 radical (unpaired) electrons. The Hall–Kier alpha value is -3.26. The van der Waals surface area contributed by atoms with Crippen LogP contribution in [0, 0.1) is 11.6 Å². The largest absolute Gasteiger partial charge is 0.348 e. The first-order valence-electron chi connectivity index (χ1n) is 8.26. The molecule has 0 heterocycles. The lowest BCUT2D eigenvalue weighted by atomic mass is 10.1. The zero-order valence-corrected chi connectivity index (χ0v) is 15.3. The molecule has 5 nitrogen and oxygen atoms in total. The fourth-order valence-electron chi connectivity index (χ4n) is 2.53. The molecule has 3 rings (SSSR count). The monoisotopic (exact) mass is 402 g/mol. The Morgan fingerprint density at radius 2 is 1.57 bits per heavy atom. The highest BCUT2D eigenvalue weighted by Crippen LogP contribution is 2.22. The summed E-state index contributed by atoms with van der Waals surface area (Å²) < 4.78 is 54.3. The van der Waals surface area contributed by atoms with E-state index in [4.69, 9.17) is 0 Å². The number of amides is 1. The van der Waals surface area contributed by atoms with Gasteiger partial charge in [0.2, 0.25) is 0 Å². The summed E-state index contributed by atoms with van der Waals surface area (Å²) in [4.78, 5) is 11.7. The van der Waals surface area contributed by atoms with Crippen LogP contribution in [0.3, 0.4) is 0 Å². The van der Waals surface area contributed by atoms with Crippen LogP contribution in [0.1, 0.15) is 15.9 Å². The average Bonchev–Trinajstić information content (AvgIpc) is 2.69. The van der Waals surface area contributed by atoms with E-state index in [0.29, 0.717) is 6.07 Å². The van der Waals surface area contributed by atoms with E-state index in [9.17, 15) is 22.0 Å². The number of rotatable bonds is 6. The van der Waals surface area contributed by atoms with Crippen LogP contribution >= 0.6 is 0 Å². The standard InChI is InChI=1S/C20H16F2N2O3S/c21-15-10-11-17(22)19(12-15)28(26,27)24-18-9-5-4-8-16(18)20(25)23-13-14-6-2-1-3-7-14/h1-12,24H,13H2,(H,23,25). The number of nitrogens with one attached hydrogen (secondary N) is 2. The quantitative estimate of drug-likeness (QED) is 0.660. The maximum absolute atomic E-state index is 13.9. The third kappa shape index (κ3) is 4.52. The summed E-state index contributed by atoms with van der Waals surface area (Å²) in [6, 6.07) is 17.2. The average molecular weight is 402 g/mol. The van der Waals surface area contributed by atoms with Gasteiger partial charge in [-0.3, -0.25) is 9.52 Å². The van der Waals surface area contributed by atoms with Crippen LogP contribution in [-0.4, -0.2) is 14.3 Å². The van der Waals surface area contributed by atoms with E-state index in [2.05, 4.69) is 10.0 Å². The van der Waals surface area contributed by atoms with Gasteiger partial charge in [0, 0.05) is 6.54 Å². The van der Waals surface area contributed by atoms with Gasteiger partial charge in [0.1, 0.15) is 16.5 Å². The predicted molar refractivity (Wildman–Crippen MR) is 101 cm³/mol. The SMILES string of the molecule is O=C(NCc1ccccc1)c1ccccc1NS(=O)(=O)c1cc(F)ccc1F. The molecule has 144 valence electrons. The lowest BCUT2D eigenvalue weighted by molar-refractivity contribution is 0.0952. The molecule has 2 N–H and O–H groups in total. The maximum atomic E-state index is 13.9. The molecule has 0 atom stereocenters. The molecule has 0 saturated carbocycles. The first-order chi connectivity index (χ1) is 13.4. The number of carbonyl (C=O) groups is 1. The Balaban J connectivity index is 1.83. The van der Waals surface area contributed by atoms with Crippen molar-refractivity contribution in [2.45, 2.75) is 11.4 Å². The highest BCUT2D eigenvalue weighted by molar-refractivity contribution is 7.92. The van der Waals surface area contributed by atoms with Gasteiger partial charge in [-0.25, -0.2) is 17.2 Å². The van der Waals surface area contributed by atoms with Crippen molar-refractivity contribution in [3.05, 3.63) is 95.6 Å². The van der Waals surface area contributed by atoms with Crippen LogP contribution in [-0.2, 0) is 16.6 Å². The second kappa shape index (κ2) is 8.18. The van der Waals surface area contributed by atoms with Crippen molar-refractivity contribution in [2.24, 2.45) is 0 Å². The lowest BCUT2D eigenvalue weighted by Gasteiger charge is -2.13. The van der Waals surface area contributed by atoms with Crippen molar-refractivity contribution in [1.82, 2.24) is 5.32 Å². The molecular formula is C20H16F2N2O3S. The van der Waals surface area contributed by atoms with Crippen LogP contribution in [0.4, 0.5) is 14.5 Å². The lowest BCUT2D eigenvalue weighted by Crippen LogP contribution is -2.25. The van der Waals surface area contributed by atoms with Crippen molar-refractivity contribution in [2.75, 3.05) is 4.72 Å². The molecule has 0 spiro atoms. The number of hydrogen-bond donors (Lipinski definition) is 2. The molecule has 0 aliphatic rings. The number of halogens is 2. The van der Waals surface area contributed by atoms with E-state index in [1.807, 2.05) is 30.3 Å². The number of para-hydroxylation sites is 1. The molecular weight excluding hydrogens is 386 g/mol. The molecule has 3 aromatic rings. The number of hydrogen-bond acceptors (Lipinski definition) is 3. The second-order valence-electron chi connectivity index (χ2n) is 5.89. The Morgan fingerprint density at radius 1 is 0.893 bits per heavy atom. The van der Waals surface area contributed by atoms with Crippen LogP contribution in [0.25, 0.3) is 0 Å². The number of sulfonamides is 1. The summed E-state index contributed by atoms with van der Waals surface area (Å²) in [5.74, 6) is -2.50. The van der Waals surface area contributed by atoms with E-state index in [1.165, 1.54) is 18.2 Å². The summed E-state index contributed by atoms with van der Waals surface area (Å²) in [6.45, 7) is 0.249. The zero-order chi connectivity index (χ0) is 20.1. The van der Waals surface area contributed by atoms with E-state index in [-0.39, 0.29) is 17.8 Å². The van der Waals surface area contributed by atoms with E-state index in [1.54, 1.807) is 6.07 Å². The molecule has 0 unspecified atom stereocenters. The number of benzene rings is 3. The first-order valence-corrected chi connectivity index (χ1v) is 9.74. The topological polar surface area (TPSA) is 75.3 Å². The third-order valence-electron chi connectivity index (χ3n) is 3.89. The van der Waals surface area contributed by atoms with Gasteiger partial charge in [0.15, 0.2) is 0 Å². The van der Waals surface area contributed by atoms with Crippen LogP contribution < -0.4 is 10.0 Å². The molecule has 28 heavy (non-hydrogen) atoms. The predicted octanol–water partition coefficient (Wildman–Crippen LogP) is 3.70. The smallest absolute Gasteiger partial charge is 0.264 e. The third-order valence-corrected chi connectivity index (χ3v) is 5.28. The Kier molecular flexibility index (Phi) is 5.70. The van der Waals surface area contributed by atoms with Gasteiger partial charge in [-0.2, -0.15) is 0 Å². The number of carbonyl (C=O) groups excluding carboxylic acids is 1. The molecule has 0 fully saturated rings. The Bertz CT molecular complexity index is 1100. The molecule has 1 amide bonds. The fourth-order valence-corrected chi connectivity index (χ4v) is 3.70. The van der Waals surface area contributed by atoms with Gasteiger partial charge >= 0.3 is 0 Å². The highest BCUT2D eigenvalue weighted by atomic mass is 32.2. The first kappa shape index (κ1) is 19.5. The Morgan fingerprint density at radius 3 is 2.32 bits per heavy atom. The minimum atomic E-state index is -4.43. The van der Waals surface area contributed by atoms with Crippen LogP contribution in [0.15, 0.2) is 77.7 Å². The summed E-state index contributed by atoms with van der Waals surface area (Å²) in [5, 5.41) is 2.69. The van der Waals surface area contributed by atoms with Crippen molar-refractivity contribution in [3.63, 3.8) is 0 Å². The summed E-state index contributed by atoms with van der Waals surface area (Å²) >= 11 is 0. The van der Waals surface area contributed by atoms with E-state index >= 15 is 0 Å². The zero-order valence-electron chi connectivity index (χ0n) is 14.5. The van der Waals surface area contributed by atoms with Gasteiger partial charge in [0.05, 0.1) is 11.3 Å². The molecule has 0 aliphatic carbocycles. The van der Waals surface area contributed by atoms with Crippen LogP contribution in [0.5, 0.6) is 0 Å². The summed E-state index contributed by atoms with van der Waals surface area (Å²) in [7, 11) is -4.43. The minimum Gasteiger partial charge on any atom is -0.348 e. The van der Waals surface area contributed by atoms with Gasteiger partial charge in [-0.15, -0.1) is 0 Å². The molecule has 8 heteroatoms. The molecule has 0 aliphatic heterocycles. The fraction of sp³-hybridized carbons (Fsp3) is 0.0500. The van der Waals surface area contributed by atoms with Crippen molar-refractivity contribution in [3.8, 4) is 0 Å². The molecule has 3 aromatic carbocycles. The van der Waals surface area contributed by atoms with Gasteiger partial charge < -0.3 is 5.32 Å². The molecule has 0 bridgehead atoms. The van der Waals surface area contributed by atoms with E-state index in [0.717, 1.165) is 17.7 Å². The van der Waals surface area contributed by atoms with Crippen molar-refractivity contribution in [1.29, 1.82) is 0 Å². The van der Waals surface area contributed by atoms with Crippen molar-refractivity contribution < 1.29 is 22.0 Å². The Labute approximate surface area is 161 Å². The maximum Gasteiger partial charge on any atom is 0.264 e. The highest BCUT2D eigenvalue weighted by Gasteiger charge is 2.22. The molecule has 0 aromatic heterocycles. The second-order valence-corrected chi connectivity index (χ2v) is 7.54. The van der Waals surface area contributed by atoms with Gasteiger partial charge in [0.25, 0.3) is 15.9 Å². The molecule has 0 saturated heterocycles. The summed E-state index contributed by atoms with van der Waals surface area (Å²) in [6.07, 6.45) is 0. The number of anilines is 1.